The SMILES string of the molecule is COc1ccc(-c2c(C(=O)O)c(N)[nH]c(=O)c2C(=O)O)cc1Cn1ccc([N+](=O)[O-])n1. The predicted octanol–water partition coefficient (Wildman–Crippen LogP) is 1.18. The highest BCUT2D eigenvalue weighted by atomic mass is 16.6. The van der Waals surface area contributed by atoms with Crippen LogP contribution >= 0.6 is 0 Å². The first-order valence-corrected chi connectivity index (χ1v) is 8.51. The van der Waals surface area contributed by atoms with Gasteiger partial charge in [-0.3, -0.25) is 4.79 Å². The van der Waals surface area contributed by atoms with Crippen LogP contribution in [0.4, 0.5) is 11.6 Å². The molecule has 0 unspecified atom stereocenters. The van der Waals surface area contributed by atoms with E-state index in [-0.39, 0.29) is 23.5 Å². The third-order valence-electron chi connectivity index (χ3n) is 4.39. The Kier molecular flexibility index (Phi) is 5.42. The summed E-state index contributed by atoms with van der Waals surface area (Å²) in [5.74, 6) is -3.73. The van der Waals surface area contributed by atoms with Gasteiger partial charge in [0.1, 0.15) is 22.7 Å². The van der Waals surface area contributed by atoms with Crippen molar-refractivity contribution >= 4 is 23.6 Å². The molecule has 160 valence electrons. The number of ether oxygens (including phenoxy) is 1. The Hall–Kier alpha value is -4.68. The van der Waals surface area contributed by atoms with Crippen LogP contribution in [0.2, 0.25) is 0 Å². The molecule has 2 heterocycles. The van der Waals surface area contributed by atoms with Gasteiger partial charge in [-0.2, -0.15) is 4.68 Å². The number of anilines is 1. The molecule has 2 aromatic heterocycles. The lowest BCUT2D eigenvalue weighted by Gasteiger charge is -2.14. The summed E-state index contributed by atoms with van der Waals surface area (Å²) in [6, 6.07) is 5.41. The van der Waals surface area contributed by atoms with E-state index < -0.39 is 39.4 Å². The molecule has 0 amide bonds. The maximum Gasteiger partial charge on any atom is 0.389 e. The second-order valence-corrected chi connectivity index (χ2v) is 6.26. The maximum atomic E-state index is 12.2. The molecule has 0 bridgehead atoms. The molecule has 1 aromatic carbocycles. The van der Waals surface area contributed by atoms with Crippen molar-refractivity contribution in [1.29, 1.82) is 0 Å². The van der Waals surface area contributed by atoms with Crippen LogP contribution in [-0.4, -0.2) is 48.9 Å². The van der Waals surface area contributed by atoms with E-state index in [0.717, 1.165) is 0 Å². The van der Waals surface area contributed by atoms with E-state index in [9.17, 15) is 34.7 Å². The predicted molar refractivity (Wildman–Crippen MR) is 105 cm³/mol. The molecule has 13 nitrogen and oxygen atoms in total. The lowest BCUT2D eigenvalue weighted by Crippen LogP contribution is -2.24. The van der Waals surface area contributed by atoms with Crippen LogP contribution in [-0.2, 0) is 6.54 Å². The van der Waals surface area contributed by atoms with Crippen LogP contribution in [0.1, 0.15) is 26.3 Å². The van der Waals surface area contributed by atoms with E-state index in [1.807, 2.05) is 4.98 Å². The fourth-order valence-corrected chi connectivity index (χ4v) is 3.10. The number of nitrogens with zero attached hydrogens (tertiary/aromatic N) is 3. The number of benzene rings is 1. The third kappa shape index (κ3) is 3.91. The third-order valence-corrected chi connectivity index (χ3v) is 4.39. The van der Waals surface area contributed by atoms with E-state index in [4.69, 9.17) is 10.5 Å². The molecule has 0 atom stereocenters. The molecule has 0 aliphatic carbocycles. The van der Waals surface area contributed by atoms with Crippen LogP contribution in [0.5, 0.6) is 5.75 Å². The number of nitro groups is 1. The van der Waals surface area contributed by atoms with Gasteiger partial charge >= 0.3 is 17.8 Å². The van der Waals surface area contributed by atoms with Crippen molar-refractivity contribution in [3.05, 3.63) is 67.6 Å². The minimum Gasteiger partial charge on any atom is -0.496 e. The molecule has 13 heteroatoms. The number of nitrogen functional groups attached to an aromatic ring is 1. The van der Waals surface area contributed by atoms with Gasteiger partial charge in [0, 0.05) is 11.1 Å². The molecule has 5 N–H and O–H groups in total. The van der Waals surface area contributed by atoms with Gasteiger partial charge in [-0.05, 0) is 22.6 Å². The Labute approximate surface area is 172 Å². The van der Waals surface area contributed by atoms with Crippen molar-refractivity contribution < 1.29 is 29.5 Å². The maximum absolute atomic E-state index is 12.2. The van der Waals surface area contributed by atoms with Gasteiger partial charge in [0.15, 0.2) is 0 Å². The Morgan fingerprint density at radius 3 is 2.48 bits per heavy atom. The number of nitrogens with two attached hydrogens (primary N) is 1. The number of pyridine rings is 1. The largest absolute Gasteiger partial charge is 0.496 e. The highest BCUT2D eigenvalue weighted by Gasteiger charge is 2.27. The van der Waals surface area contributed by atoms with Crippen molar-refractivity contribution in [1.82, 2.24) is 14.8 Å². The molecule has 0 fully saturated rings. The highest BCUT2D eigenvalue weighted by Crippen LogP contribution is 2.33. The molecule has 0 saturated heterocycles. The van der Waals surface area contributed by atoms with E-state index in [2.05, 4.69) is 5.10 Å². The van der Waals surface area contributed by atoms with Crippen molar-refractivity contribution in [2.45, 2.75) is 6.54 Å². The summed E-state index contributed by atoms with van der Waals surface area (Å²) < 4.78 is 6.52. The first kappa shape index (κ1) is 21.0. The minimum absolute atomic E-state index is 0.0195. The Morgan fingerprint density at radius 1 is 1.26 bits per heavy atom. The van der Waals surface area contributed by atoms with E-state index in [0.29, 0.717) is 11.3 Å². The standard InChI is InChI=1S/C18H15N5O8/c1-31-10-3-2-8(6-9(10)7-22-5-4-11(21-22)23(29)30)12-13(17(25)26)15(19)20-16(24)14(12)18(27)28/h2-6H,7H2,1H3,(H,25,26)(H,27,28)(H3,19,20,24). The number of aromatic amines is 1. The van der Waals surface area contributed by atoms with Crippen molar-refractivity contribution in [2.24, 2.45) is 0 Å². The zero-order chi connectivity index (χ0) is 22.9. The monoisotopic (exact) mass is 429 g/mol. The van der Waals surface area contributed by atoms with Crippen molar-refractivity contribution in [3.63, 3.8) is 0 Å². The normalized spacial score (nSPS) is 10.6. The zero-order valence-electron chi connectivity index (χ0n) is 15.9. The molecule has 0 radical (unpaired) electrons. The molecular weight excluding hydrogens is 414 g/mol. The van der Waals surface area contributed by atoms with Gasteiger partial charge in [0.05, 0.1) is 31.0 Å². The van der Waals surface area contributed by atoms with E-state index in [1.165, 1.54) is 42.3 Å². The lowest BCUT2D eigenvalue weighted by atomic mass is 9.94. The average Bonchev–Trinajstić information content (AvgIpc) is 3.15. The summed E-state index contributed by atoms with van der Waals surface area (Å²) >= 11 is 0. The summed E-state index contributed by atoms with van der Waals surface area (Å²) in [7, 11) is 1.38. The highest BCUT2D eigenvalue weighted by molar-refractivity contribution is 6.07. The van der Waals surface area contributed by atoms with E-state index >= 15 is 0 Å². The Morgan fingerprint density at radius 2 is 1.94 bits per heavy atom. The minimum atomic E-state index is -1.64. The number of rotatable bonds is 7. The number of aromatic carboxylic acids is 2. The molecule has 31 heavy (non-hydrogen) atoms. The smallest absolute Gasteiger partial charge is 0.389 e. The lowest BCUT2D eigenvalue weighted by molar-refractivity contribution is -0.389. The number of carboxylic acid groups (broad SMARTS) is 2. The number of H-pyrrole nitrogens is 1. The van der Waals surface area contributed by atoms with E-state index in [1.54, 1.807) is 0 Å². The van der Waals surface area contributed by atoms with Crippen molar-refractivity contribution in [3.8, 4) is 16.9 Å². The molecule has 3 aromatic rings. The number of nitrogens with one attached hydrogen (secondary N) is 1. The van der Waals surface area contributed by atoms with Crippen molar-refractivity contribution in [2.75, 3.05) is 12.8 Å². The fourth-order valence-electron chi connectivity index (χ4n) is 3.10. The Bertz CT molecular complexity index is 1280. The van der Waals surface area contributed by atoms with Gasteiger partial charge in [-0.25, -0.2) is 9.59 Å². The molecule has 0 aliphatic heterocycles. The zero-order valence-corrected chi connectivity index (χ0v) is 15.9. The molecule has 0 aliphatic rings. The van der Waals surface area contributed by atoms with Gasteiger partial charge < -0.3 is 35.8 Å². The van der Waals surface area contributed by atoms with Crippen LogP contribution in [0.3, 0.4) is 0 Å². The molecule has 0 saturated carbocycles. The average molecular weight is 429 g/mol. The summed E-state index contributed by atoms with van der Waals surface area (Å²) in [6.07, 6.45) is 1.36. The second kappa shape index (κ2) is 7.98. The number of methoxy groups -OCH3 is 1. The van der Waals surface area contributed by atoms with Gasteiger partial charge in [-0.15, -0.1) is 0 Å². The number of carbonyl (C=O) groups is 2. The van der Waals surface area contributed by atoms with Gasteiger partial charge in [-0.1, -0.05) is 6.07 Å². The summed E-state index contributed by atoms with van der Waals surface area (Å²) in [5.41, 5.74) is 3.30. The van der Waals surface area contributed by atoms with Crippen LogP contribution < -0.4 is 16.0 Å². The number of carboxylic acids is 2. The first-order chi connectivity index (χ1) is 14.6. The van der Waals surface area contributed by atoms with Crippen LogP contribution in [0.25, 0.3) is 11.1 Å². The summed E-state index contributed by atoms with van der Waals surface area (Å²) in [6.45, 7) is -0.0195. The molecule has 3 rings (SSSR count). The first-order valence-electron chi connectivity index (χ1n) is 8.51. The van der Waals surface area contributed by atoms with Gasteiger partial charge in [0.25, 0.3) is 5.56 Å². The number of hydrogen-bond donors (Lipinski definition) is 4. The second-order valence-electron chi connectivity index (χ2n) is 6.26. The van der Waals surface area contributed by atoms with Gasteiger partial charge in [0.2, 0.25) is 0 Å². The quantitative estimate of drug-likeness (QED) is 0.312. The number of aromatic nitrogens is 3. The summed E-state index contributed by atoms with van der Waals surface area (Å²) in [4.78, 5) is 47.9. The number of hydrogen-bond acceptors (Lipinski definition) is 8. The fraction of sp³-hybridized carbons (Fsp3) is 0.111. The topological polar surface area (TPSA) is 204 Å². The molecular formula is C18H15N5O8. The van der Waals surface area contributed by atoms with Crippen LogP contribution in [0.15, 0.2) is 35.3 Å². The molecule has 0 spiro atoms. The summed E-state index contributed by atoms with van der Waals surface area (Å²) in [5, 5.41) is 33.7. The van der Waals surface area contributed by atoms with Crippen LogP contribution in [0, 0.1) is 10.1 Å². The Balaban J connectivity index is 2.23.